The van der Waals surface area contributed by atoms with Crippen molar-refractivity contribution >= 4 is 11.0 Å². The Labute approximate surface area is 95.3 Å². The first-order valence-corrected chi connectivity index (χ1v) is 6.06. The highest BCUT2D eigenvalue weighted by Gasteiger charge is 2.15. The van der Waals surface area contributed by atoms with Crippen LogP contribution in [0.15, 0.2) is 24.3 Å². The number of nitrogens with zero attached hydrogens (tertiary/aromatic N) is 1. The SMILES string of the molecule is c1ccc2[nH]c(C[C@H]3CCCNC3)nc2c1. The molecule has 1 atom stereocenters. The molecule has 0 saturated carbocycles. The summed E-state index contributed by atoms with van der Waals surface area (Å²) in [6.07, 6.45) is 3.69. The van der Waals surface area contributed by atoms with E-state index in [1.54, 1.807) is 0 Å². The van der Waals surface area contributed by atoms with Gasteiger partial charge in [-0.3, -0.25) is 0 Å². The van der Waals surface area contributed by atoms with Crippen molar-refractivity contribution < 1.29 is 0 Å². The lowest BCUT2D eigenvalue weighted by Gasteiger charge is -2.21. The van der Waals surface area contributed by atoms with Crippen LogP contribution in [0, 0.1) is 5.92 Å². The van der Waals surface area contributed by atoms with Crippen LogP contribution in [0.25, 0.3) is 11.0 Å². The van der Waals surface area contributed by atoms with Gasteiger partial charge in [-0.15, -0.1) is 0 Å². The molecule has 1 saturated heterocycles. The van der Waals surface area contributed by atoms with E-state index in [1.165, 1.54) is 19.4 Å². The van der Waals surface area contributed by atoms with Crippen LogP contribution < -0.4 is 5.32 Å². The second-order valence-electron chi connectivity index (χ2n) is 4.62. The number of imidazole rings is 1. The van der Waals surface area contributed by atoms with E-state index < -0.39 is 0 Å². The van der Waals surface area contributed by atoms with Gasteiger partial charge in [0.25, 0.3) is 0 Å². The average Bonchev–Trinajstić information content (AvgIpc) is 2.72. The minimum Gasteiger partial charge on any atom is -0.342 e. The van der Waals surface area contributed by atoms with Crippen molar-refractivity contribution in [2.75, 3.05) is 13.1 Å². The van der Waals surface area contributed by atoms with Gasteiger partial charge in [-0.1, -0.05) is 12.1 Å². The highest BCUT2D eigenvalue weighted by molar-refractivity contribution is 5.74. The summed E-state index contributed by atoms with van der Waals surface area (Å²) in [5, 5.41) is 3.45. The summed E-state index contributed by atoms with van der Waals surface area (Å²) < 4.78 is 0. The Bertz CT molecular complexity index is 436. The fraction of sp³-hybridized carbons (Fsp3) is 0.462. The van der Waals surface area contributed by atoms with Crippen molar-refractivity contribution in [2.45, 2.75) is 19.3 Å². The van der Waals surface area contributed by atoms with Gasteiger partial charge in [-0.25, -0.2) is 4.98 Å². The number of rotatable bonds is 2. The van der Waals surface area contributed by atoms with Gasteiger partial charge in [0.1, 0.15) is 5.82 Å². The molecule has 2 aromatic rings. The van der Waals surface area contributed by atoms with Crippen molar-refractivity contribution in [3.8, 4) is 0 Å². The smallest absolute Gasteiger partial charge is 0.107 e. The molecule has 3 rings (SSSR count). The van der Waals surface area contributed by atoms with Crippen molar-refractivity contribution in [2.24, 2.45) is 5.92 Å². The molecule has 1 aromatic heterocycles. The molecule has 0 amide bonds. The van der Waals surface area contributed by atoms with Crippen molar-refractivity contribution in [1.29, 1.82) is 0 Å². The number of H-pyrrole nitrogens is 1. The molecule has 1 aliphatic rings. The molecule has 3 heteroatoms. The normalized spacial score (nSPS) is 21.4. The lowest BCUT2D eigenvalue weighted by molar-refractivity contribution is 0.371. The maximum Gasteiger partial charge on any atom is 0.107 e. The molecule has 1 aliphatic heterocycles. The Kier molecular flexibility index (Phi) is 2.62. The molecule has 2 N–H and O–H groups in total. The van der Waals surface area contributed by atoms with E-state index >= 15 is 0 Å². The predicted molar refractivity (Wildman–Crippen MR) is 65.4 cm³/mol. The highest BCUT2D eigenvalue weighted by Crippen LogP contribution is 2.17. The maximum absolute atomic E-state index is 4.62. The first-order valence-electron chi connectivity index (χ1n) is 6.06. The van der Waals surface area contributed by atoms with Gasteiger partial charge >= 0.3 is 0 Å². The molecule has 0 bridgehead atoms. The largest absolute Gasteiger partial charge is 0.342 e. The second kappa shape index (κ2) is 4.26. The van der Waals surface area contributed by atoms with Gasteiger partial charge < -0.3 is 10.3 Å². The summed E-state index contributed by atoms with van der Waals surface area (Å²) in [6.45, 7) is 2.31. The standard InChI is InChI=1S/C13H17N3/c1-2-6-12-11(5-1)15-13(16-12)8-10-4-3-7-14-9-10/h1-2,5-6,10,14H,3-4,7-9H2,(H,15,16)/t10-/m1/s1. The zero-order chi connectivity index (χ0) is 10.8. The topological polar surface area (TPSA) is 40.7 Å². The van der Waals surface area contributed by atoms with E-state index in [2.05, 4.69) is 27.4 Å². The fourth-order valence-corrected chi connectivity index (χ4v) is 2.47. The summed E-state index contributed by atoms with van der Waals surface area (Å²) in [4.78, 5) is 8.03. The first kappa shape index (κ1) is 9.85. The zero-order valence-electron chi connectivity index (χ0n) is 9.37. The average molecular weight is 215 g/mol. The summed E-state index contributed by atoms with van der Waals surface area (Å²) in [7, 11) is 0. The number of nitrogens with one attached hydrogen (secondary N) is 2. The maximum atomic E-state index is 4.62. The number of aromatic amines is 1. The molecule has 3 nitrogen and oxygen atoms in total. The Morgan fingerprint density at radius 3 is 3.06 bits per heavy atom. The number of aromatic nitrogens is 2. The molecule has 84 valence electrons. The molecule has 0 unspecified atom stereocenters. The lowest BCUT2D eigenvalue weighted by atomic mass is 9.96. The molecule has 0 aliphatic carbocycles. The number of fused-ring (bicyclic) bond motifs is 1. The molecule has 2 heterocycles. The van der Waals surface area contributed by atoms with Crippen LogP contribution >= 0.6 is 0 Å². The van der Waals surface area contributed by atoms with Crippen LogP contribution in [0.3, 0.4) is 0 Å². The van der Waals surface area contributed by atoms with E-state index in [0.29, 0.717) is 0 Å². The summed E-state index contributed by atoms with van der Waals surface area (Å²) >= 11 is 0. The predicted octanol–water partition coefficient (Wildman–Crippen LogP) is 2.10. The van der Waals surface area contributed by atoms with Crippen LogP contribution in [0.4, 0.5) is 0 Å². The first-order chi connectivity index (χ1) is 7.92. The van der Waals surface area contributed by atoms with E-state index in [0.717, 1.165) is 35.7 Å². The van der Waals surface area contributed by atoms with Crippen LogP contribution in [-0.2, 0) is 6.42 Å². The molecular weight excluding hydrogens is 198 g/mol. The number of benzene rings is 1. The third-order valence-electron chi connectivity index (χ3n) is 3.32. The Balaban J connectivity index is 1.78. The van der Waals surface area contributed by atoms with Gasteiger partial charge in [-0.2, -0.15) is 0 Å². The zero-order valence-corrected chi connectivity index (χ0v) is 9.37. The number of piperidine rings is 1. The molecule has 16 heavy (non-hydrogen) atoms. The van der Waals surface area contributed by atoms with Gasteiger partial charge in [-0.05, 0) is 44.0 Å². The molecule has 1 fully saturated rings. The number of hydrogen-bond donors (Lipinski definition) is 2. The number of para-hydroxylation sites is 2. The summed E-state index contributed by atoms with van der Waals surface area (Å²) in [6, 6.07) is 8.24. The van der Waals surface area contributed by atoms with Gasteiger partial charge in [0.15, 0.2) is 0 Å². The lowest BCUT2D eigenvalue weighted by Crippen LogP contribution is -2.31. The van der Waals surface area contributed by atoms with Crippen molar-refractivity contribution in [1.82, 2.24) is 15.3 Å². The fourth-order valence-electron chi connectivity index (χ4n) is 2.47. The van der Waals surface area contributed by atoms with E-state index in [9.17, 15) is 0 Å². The minimum absolute atomic E-state index is 0.745. The van der Waals surface area contributed by atoms with Crippen LogP contribution in [0.5, 0.6) is 0 Å². The van der Waals surface area contributed by atoms with Crippen LogP contribution in [-0.4, -0.2) is 23.1 Å². The summed E-state index contributed by atoms with van der Waals surface area (Å²) in [5.74, 6) is 1.88. The van der Waals surface area contributed by atoms with Gasteiger partial charge in [0.05, 0.1) is 11.0 Å². The van der Waals surface area contributed by atoms with E-state index in [-0.39, 0.29) is 0 Å². The van der Waals surface area contributed by atoms with Crippen LogP contribution in [0.1, 0.15) is 18.7 Å². The quantitative estimate of drug-likeness (QED) is 0.805. The Morgan fingerprint density at radius 2 is 2.25 bits per heavy atom. The Hall–Kier alpha value is -1.35. The monoisotopic (exact) mass is 215 g/mol. The minimum atomic E-state index is 0.745. The van der Waals surface area contributed by atoms with E-state index in [1.807, 2.05) is 12.1 Å². The molecule has 1 aromatic carbocycles. The third kappa shape index (κ3) is 1.95. The molecule has 0 spiro atoms. The van der Waals surface area contributed by atoms with Crippen molar-refractivity contribution in [3.63, 3.8) is 0 Å². The summed E-state index contributed by atoms with van der Waals surface area (Å²) in [5.41, 5.74) is 2.24. The Morgan fingerprint density at radius 1 is 1.31 bits per heavy atom. The number of hydrogen-bond acceptors (Lipinski definition) is 2. The van der Waals surface area contributed by atoms with Gasteiger partial charge in [0.2, 0.25) is 0 Å². The van der Waals surface area contributed by atoms with E-state index in [4.69, 9.17) is 0 Å². The second-order valence-corrected chi connectivity index (χ2v) is 4.62. The van der Waals surface area contributed by atoms with Gasteiger partial charge in [0, 0.05) is 6.42 Å². The highest BCUT2D eigenvalue weighted by atomic mass is 14.9. The third-order valence-corrected chi connectivity index (χ3v) is 3.32. The molecular formula is C13H17N3. The molecule has 0 radical (unpaired) electrons. The van der Waals surface area contributed by atoms with Crippen LogP contribution in [0.2, 0.25) is 0 Å². The van der Waals surface area contributed by atoms with Crippen molar-refractivity contribution in [3.05, 3.63) is 30.1 Å².